The van der Waals surface area contributed by atoms with E-state index in [0.717, 1.165) is 6.07 Å². The molecule has 0 aromatic heterocycles. The van der Waals surface area contributed by atoms with Gasteiger partial charge in [-0.1, -0.05) is 32.4 Å². The smallest absolute Gasteiger partial charge is 0.407 e. The van der Waals surface area contributed by atoms with Crippen LogP contribution in [0.1, 0.15) is 44.5 Å². The summed E-state index contributed by atoms with van der Waals surface area (Å²) in [5, 5.41) is 17.2. The van der Waals surface area contributed by atoms with Gasteiger partial charge in [0.15, 0.2) is 5.69 Å². The number of carbonyl (C=O) groups excluding carboxylic acids is 2. The number of nitrogens with one attached hydrogen (secondary N) is 2. The van der Waals surface area contributed by atoms with Gasteiger partial charge in [0, 0.05) is 30.5 Å². The number of amides is 2. The van der Waals surface area contributed by atoms with Crippen LogP contribution in [0.5, 0.6) is 5.75 Å². The Hall–Kier alpha value is -3.23. The highest BCUT2D eigenvalue weighted by Gasteiger charge is 2.22. The maximum atomic E-state index is 11.7. The molecule has 1 aromatic carbocycles. The molecule has 1 unspecified atom stereocenters. The van der Waals surface area contributed by atoms with Crippen molar-refractivity contribution in [3.63, 3.8) is 0 Å². The number of primary amides is 1. The molecule has 0 heterocycles. The summed E-state index contributed by atoms with van der Waals surface area (Å²) in [4.78, 5) is 43.8. The molecule has 0 aliphatic heterocycles. The summed E-state index contributed by atoms with van der Waals surface area (Å²) >= 11 is 0. The number of hydrogen-bond acceptors (Lipinski definition) is 10. The lowest BCUT2D eigenvalue weighted by Gasteiger charge is -2.19. The zero-order chi connectivity index (χ0) is 27.1. The van der Waals surface area contributed by atoms with Crippen LogP contribution in [0.4, 0.5) is 16.2 Å². The van der Waals surface area contributed by atoms with Gasteiger partial charge in [-0.05, 0) is 46.4 Å². The van der Waals surface area contributed by atoms with Gasteiger partial charge in [-0.3, -0.25) is 14.9 Å². The van der Waals surface area contributed by atoms with Gasteiger partial charge in [-0.25, -0.2) is 9.68 Å². The molecule has 14 heteroatoms. The quantitative estimate of drug-likeness (QED) is 0.101. The maximum Gasteiger partial charge on any atom is 0.407 e. The summed E-state index contributed by atoms with van der Waals surface area (Å²) in [6.07, 6.45) is 5.23. The zero-order valence-electron chi connectivity index (χ0n) is 21.2. The van der Waals surface area contributed by atoms with Crippen LogP contribution in [0.15, 0.2) is 28.8 Å². The van der Waals surface area contributed by atoms with Crippen molar-refractivity contribution < 1.29 is 33.9 Å². The number of nitro benzene ring substituents is 1. The molecule has 0 aliphatic rings. The number of hydrogen-bond donors (Lipinski definition) is 3. The van der Waals surface area contributed by atoms with Crippen LogP contribution in [-0.2, 0) is 25.3 Å². The summed E-state index contributed by atoms with van der Waals surface area (Å²) in [6, 6.07) is 2.46. The molecule has 0 saturated heterocycles. The molecule has 0 radical (unpaired) electrons. The van der Waals surface area contributed by atoms with Gasteiger partial charge in [-0.15, -0.1) is 0 Å². The Morgan fingerprint density at radius 1 is 1.25 bits per heavy atom. The van der Waals surface area contributed by atoms with Crippen molar-refractivity contribution in [1.82, 2.24) is 5.32 Å². The summed E-state index contributed by atoms with van der Waals surface area (Å²) in [5.41, 5.74) is 4.45. The Kier molecular flexibility index (Phi) is 13.4. The molecule has 0 aliphatic carbocycles. The minimum absolute atomic E-state index is 0.0466. The molecular weight excluding hydrogens is 494 g/mol. The molecule has 2 amide bonds. The van der Waals surface area contributed by atoms with Gasteiger partial charge in [0.05, 0.1) is 18.1 Å². The maximum absolute atomic E-state index is 11.7. The molecule has 1 aromatic rings. The zero-order valence-corrected chi connectivity index (χ0v) is 22.0. The van der Waals surface area contributed by atoms with E-state index in [9.17, 15) is 19.7 Å². The molecular formula is C22H35N5O8S. The Balaban J connectivity index is 2.84. The number of nitrogens with zero attached hydrogens (tertiary/aromatic N) is 2. The first-order valence-electron chi connectivity index (χ1n) is 11.2. The monoisotopic (exact) mass is 529 g/mol. The third kappa shape index (κ3) is 12.5. The highest BCUT2D eigenvalue weighted by atomic mass is 32.2. The highest BCUT2D eigenvalue weighted by Crippen LogP contribution is 2.36. The Bertz CT molecular complexity index is 962. The van der Waals surface area contributed by atoms with E-state index >= 15 is 0 Å². The van der Waals surface area contributed by atoms with Crippen LogP contribution >= 0.6 is 0 Å². The molecule has 0 fully saturated rings. The Morgan fingerprint density at radius 2 is 1.94 bits per heavy atom. The van der Waals surface area contributed by atoms with E-state index in [1.807, 2.05) is 6.26 Å². The molecule has 13 nitrogen and oxygen atoms in total. The van der Waals surface area contributed by atoms with Gasteiger partial charge < -0.3 is 25.8 Å². The Morgan fingerprint density at radius 3 is 2.56 bits per heavy atom. The van der Waals surface area contributed by atoms with E-state index in [-0.39, 0.29) is 42.4 Å². The number of anilines is 1. The second-order valence-electron chi connectivity index (χ2n) is 8.29. The van der Waals surface area contributed by atoms with E-state index in [1.165, 1.54) is 6.07 Å². The fourth-order valence-electron chi connectivity index (χ4n) is 2.58. The van der Waals surface area contributed by atoms with Crippen molar-refractivity contribution in [2.75, 3.05) is 43.6 Å². The van der Waals surface area contributed by atoms with Gasteiger partial charge in [0.1, 0.15) is 11.4 Å². The summed E-state index contributed by atoms with van der Waals surface area (Å²) < 4.78 is 14.8. The van der Waals surface area contributed by atoms with E-state index in [1.54, 1.807) is 39.8 Å². The van der Waals surface area contributed by atoms with Crippen molar-refractivity contribution in [1.29, 1.82) is 0 Å². The summed E-state index contributed by atoms with van der Waals surface area (Å²) in [5.74, 6) is -0.0535. The lowest BCUT2D eigenvalue weighted by Crippen LogP contribution is -2.32. The summed E-state index contributed by atoms with van der Waals surface area (Å²) in [7, 11) is -0.424. The number of alkyl carbamates (subject to hydrolysis) is 1. The second-order valence-corrected chi connectivity index (χ2v) is 10.0. The van der Waals surface area contributed by atoms with Crippen LogP contribution in [0.2, 0.25) is 0 Å². The van der Waals surface area contributed by atoms with E-state index in [2.05, 4.69) is 15.2 Å². The molecule has 0 bridgehead atoms. The SMILES string of the molecule is CCOON=S(C)CCCOc1cc(C(N)=O)cc([N+](=O)[O-])c1NC/C=C/CNC(=O)OC(C)(C)C. The molecule has 1 rings (SSSR count). The van der Waals surface area contributed by atoms with Crippen molar-refractivity contribution in [3.05, 3.63) is 40.0 Å². The van der Waals surface area contributed by atoms with Crippen molar-refractivity contribution >= 4 is 34.1 Å². The molecule has 202 valence electrons. The number of nitro groups is 1. The minimum atomic E-state index is -0.815. The minimum Gasteiger partial charge on any atom is -0.491 e. The molecule has 4 N–H and O–H groups in total. The number of nitrogens with two attached hydrogens (primary N) is 1. The largest absolute Gasteiger partial charge is 0.491 e. The predicted molar refractivity (Wildman–Crippen MR) is 137 cm³/mol. The number of rotatable bonds is 15. The van der Waals surface area contributed by atoms with E-state index in [0.29, 0.717) is 18.8 Å². The lowest BCUT2D eigenvalue weighted by molar-refractivity contribution is -0.384. The van der Waals surface area contributed by atoms with Crippen LogP contribution in [0, 0.1) is 10.1 Å². The standard InChI is InChI=1S/C22H35N5O8S/c1-6-33-35-26-36(5)13-9-12-32-18-15-16(20(23)28)14-17(27(30)31)19(18)24-10-7-8-11-25-21(29)34-22(2,3)4/h7-8,14-15,24H,6,9-13H2,1-5H3,(H2,23,28)(H,25,29)/b8-7+. The van der Waals surface area contributed by atoms with E-state index in [4.69, 9.17) is 25.1 Å². The molecule has 0 saturated carbocycles. The number of carbonyl (C=O) groups is 2. The van der Waals surface area contributed by atoms with Crippen molar-refractivity contribution in [3.8, 4) is 5.75 Å². The summed E-state index contributed by atoms with van der Waals surface area (Å²) in [6.45, 7) is 8.05. The van der Waals surface area contributed by atoms with Crippen molar-refractivity contribution in [2.24, 2.45) is 10.3 Å². The van der Waals surface area contributed by atoms with Crippen LogP contribution < -0.4 is 21.1 Å². The first-order valence-corrected chi connectivity index (χ1v) is 12.9. The Labute approximate surface area is 212 Å². The molecule has 36 heavy (non-hydrogen) atoms. The first kappa shape index (κ1) is 30.8. The highest BCUT2D eigenvalue weighted by molar-refractivity contribution is 7.86. The predicted octanol–water partition coefficient (Wildman–Crippen LogP) is 3.27. The third-order valence-electron chi connectivity index (χ3n) is 4.06. The van der Waals surface area contributed by atoms with Gasteiger partial charge in [0.2, 0.25) is 5.91 Å². The van der Waals surface area contributed by atoms with Gasteiger partial charge in [0.25, 0.3) is 5.69 Å². The number of benzene rings is 1. The normalized spacial score (nSPS) is 12.4. The van der Waals surface area contributed by atoms with Crippen molar-refractivity contribution in [2.45, 2.75) is 39.7 Å². The average molecular weight is 530 g/mol. The third-order valence-corrected chi connectivity index (χ3v) is 5.25. The second kappa shape index (κ2) is 15.7. The fourth-order valence-corrected chi connectivity index (χ4v) is 3.33. The van der Waals surface area contributed by atoms with Crippen LogP contribution in [0.3, 0.4) is 0 Å². The van der Waals surface area contributed by atoms with Crippen LogP contribution in [-0.4, -0.2) is 60.8 Å². The topological polar surface area (TPSA) is 177 Å². The molecule has 0 spiro atoms. The first-order chi connectivity index (χ1) is 16.9. The number of ether oxygens (including phenoxy) is 2. The van der Waals surface area contributed by atoms with E-state index < -0.39 is 33.2 Å². The van der Waals surface area contributed by atoms with Crippen LogP contribution in [0.25, 0.3) is 0 Å². The fraction of sp³-hybridized carbons (Fsp3) is 0.545. The lowest BCUT2D eigenvalue weighted by atomic mass is 10.1. The van der Waals surface area contributed by atoms with Gasteiger partial charge >= 0.3 is 6.09 Å². The molecule has 1 atom stereocenters. The average Bonchev–Trinajstić information content (AvgIpc) is 2.77. The van der Waals surface area contributed by atoms with Gasteiger partial charge in [-0.2, -0.15) is 0 Å².